The Morgan fingerprint density at radius 2 is 2.05 bits per heavy atom. The Labute approximate surface area is 129 Å². The third-order valence-corrected chi connectivity index (χ3v) is 4.32. The van der Waals surface area contributed by atoms with Gasteiger partial charge in [0.1, 0.15) is 0 Å². The Hall–Kier alpha value is -0.810. The minimum Gasteiger partial charge on any atom is -0.396 e. The molecule has 1 fully saturated rings. The van der Waals surface area contributed by atoms with E-state index in [4.69, 9.17) is 4.74 Å². The smallest absolute Gasteiger partial charge is 0.191 e. The van der Waals surface area contributed by atoms with Crippen LogP contribution in [0.25, 0.3) is 0 Å². The summed E-state index contributed by atoms with van der Waals surface area (Å²) in [5.74, 6) is 0.850. The van der Waals surface area contributed by atoms with Crippen LogP contribution in [0.15, 0.2) is 4.99 Å². The zero-order valence-corrected chi connectivity index (χ0v) is 14.2. The van der Waals surface area contributed by atoms with Crippen molar-refractivity contribution in [3.05, 3.63) is 0 Å². The normalized spacial score (nSPS) is 18.2. The number of aliphatic hydroxyl groups is 1. The molecular formula is C16H33N3O2. The van der Waals surface area contributed by atoms with E-state index in [-0.39, 0.29) is 12.0 Å². The molecule has 0 aromatic heterocycles. The highest BCUT2D eigenvalue weighted by atomic mass is 16.5. The van der Waals surface area contributed by atoms with Gasteiger partial charge in [0.25, 0.3) is 0 Å². The lowest BCUT2D eigenvalue weighted by atomic mass is 9.67. The highest BCUT2D eigenvalue weighted by molar-refractivity contribution is 5.79. The number of methoxy groups -OCH3 is 1. The second kappa shape index (κ2) is 8.59. The summed E-state index contributed by atoms with van der Waals surface area (Å²) >= 11 is 0. The zero-order chi connectivity index (χ0) is 15.8. The molecule has 1 aliphatic rings. The fourth-order valence-electron chi connectivity index (χ4n) is 2.47. The van der Waals surface area contributed by atoms with Crippen LogP contribution in [0.5, 0.6) is 0 Å². The zero-order valence-electron chi connectivity index (χ0n) is 14.2. The number of nitrogens with zero attached hydrogens (tertiary/aromatic N) is 1. The standard InChI is InChI=1S/C16H33N3O2/c1-5-17-14(18-11-15(2,3)13-20)19-12-16(7-6-8-16)9-10-21-4/h20H,5-13H2,1-4H3,(H2,17,18,19). The Morgan fingerprint density at radius 3 is 2.52 bits per heavy atom. The van der Waals surface area contributed by atoms with Gasteiger partial charge in [-0.15, -0.1) is 0 Å². The van der Waals surface area contributed by atoms with Crippen LogP contribution in [0, 0.1) is 10.8 Å². The average molecular weight is 299 g/mol. The van der Waals surface area contributed by atoms with Gasteiger partial charge in [-0.1, -0.05) is 20.3 Å². The molecule has 0 radical (unpaired) electrons. The fourth-order valence-corrected chi connectivity index (χ4v) is 2.47. The molecule has 1 aliphatic carbocycles. The van der Waals surface area contributed by atoms with Crippen molar-refractivity contribution in [3.8, 4) is 0 Å². The maximum absolute atomic E-state index is 9.32. The van der Waals surface area contributed by atoms with Gasteiger partial charge < -0.3 is 20.5 Å². The molecule has 5 nitrogen and oxygen atoms in total. The lowest BCUT2D eigenvalue weighted by Crippen LogP contribution is -2.47. The summed E-state index contributed by atoms with van der Waals surface area (Å²) in [7, 11) is 1.77. The molecule has 0 spiro atoms. The molecule has 124 valence electrons. The lowest BCUT2D eigenvalue weighted by molar-refractivity contribution is 0.0732. The Kier molecular flexibility index (Phi) is 7.46. The molecule has 0 saturated heterocycles. The van der Waals surface area contributed by atoms with Crippen LogP contribution in [-0.4, -0.2) is 51.0 Å². The first kappa shape index (κ1) is 18.2. The van der Waals surface area contributed by atoms with E-state index in [1.165, 1.54) is 19.3 Å². The summed E-state index contributed by atoms with van der Waals surface area (Å²) in [4.78, 5) is 4.60. The summed E-state index contributed by atoms with van der Waals surface area (Å²) < 4.78 is 5.23. The van der Waals surface area contributed by atoms with Gasteiger partial charge in [-0.05, 0) is 31.6 Å². The third-order valence-electron chi connectivity index (χ3n) is 4.32. The predicted octanol–water partition coefficient (Wildman–Crippen LogP) is 1.77. The summed E-state index contributed by atoms with van der Waals surface area (Å²) in [5, 5.41) is 16.1. The number of aliphatic imine (C=N–C) groups is 1. The first-order valence-electron chi connectivity index (χ1n) is 8.09. The summed E-state index contributed by atoms with van der Waals surface area (Å²) in [6.45, 7) is 9.49. The number of hydrogen-bond acceptors (Lipinski definition) is 3. The van der Waals surface area contributed by atoms with Crippen LogP contribution in [0.4, 0.5) is 0 Å². The van der Waals surface area contributed by atoms with Crippen molar-refractivity contribution in [2.24, 2.45) is 15.8 Å². The average Bonchev–Trinajstić information content (AvgIpc) is 2.43. The molecule has 3 N–H and O–H groups in total. The molecule has 5 heteroatoms. The van der Waals surface area contributed by atoms with Gasteiger partial charge in [-0.3, -0.25) is 4.99 Å². The molecule has 21 heavy (non-hydrogen) atoms. The molecule has 1 rings (SSSR count). The van der Waals surface area contributed by atoms with Gasteiger partial charge >= 0.3 is 0 Å². The number of rotatable bonds is 9. The topological polar surface area (TPSA) is 65.9 Å². The van der Waals surface area contributed by atoms with E-state index >= 15 is 0 Å². The van der Waals surface area contributed by atoms with E-state index in [1.54, 1.807) is 7.11 Å². The van der Waals surface area contributed by atoms with Crippen LogP contribution in [-0.2, 0) is 4.74 Å². The second-order valence-electron chi connectivity index (χ2n) is 6.97. The van der Waals surface area contributed by atoms with Crippen molar-refractivity contribution in [2.75, 3.05) is 40.0 Å². The molecule has 1 saturated carbocycles. The highest BCUT2D eigenvalue weighted by Gasteiger charge is 2.36. The van der Waals surface area contributed by atoms with Crippen molar-refractivity contribution < 1.29 is 9.84 Å². The Bertz CT molecular complexity index is 325. The van der Waals surface area contributed by atoms with E-state index in [9.17, 15) is 5.11 Å². The first-order valence-corrected chi connectivity index (χ1v) is 8.09. The minimum absolute atomic E-state index is 0.147. The number of nitrogens with one attached hydrogen (secondary N) is 2. The van der Waals surface area contributed by atoms with Crippen molar-refractivity contribution in [1.82, 2.24) is 10.6 Å². The maximum Gasteiger partial charge on any atom is 0.191 e. The Balaban J connectivity index is 2.51. The largest absolute Gasteiger partial charge is 0.396 e. The summed E-state index contributed by atoms with van der Waals surface area (Å²) in [6.07, 6.45) is 4.96. The molecule has 0 atom stereocenters. The molecule has 0 heterocycles. The molecule has 0 aromatic rings. The summed E-state index contributed by atoms with van der Waals surface area (Å²) in [6, 6.07) is 0. The lowest BCUT2D eigenvalue weighted by Gasteiger charge is -2.42. The van der Waals surface area contributed by atoms with Gasteiger partial charge in [0.2, 0.25) is 0 Å². The van der Waals surface area contributed by atoms with Crippen LogP contribution >= 0.6 is 0 Å². The molecule has 0 unspecified atom stereocenters. The van der Waals surface area contributed by atoms with Crippen molar-refractivity contribution in [1.29, 1.82) is 0 Å². The van der Waals surface area contributed by atoms with Gasteiger partial charge in [0.05, 0.1) is 6.54 Å². The quantitative estimate of drug-likeness (QED) is 0.448. The number of ether oxygens (including phenoxy) is 1. The van der Waals surface area contributed by atoms with E-state index < -0.39 is 0 Å². The van der Waals surface area contributed by atoms with E-state index in [0.29, 0.717) is 12.0 Å². The Morgan fingerprint density at radius 1 is 1.33 bits per heavy atom. The van der Waals surface area contributed by atoms with Gasteiger partial charge in [0, 0.05) is 38.8 Å². The molecule has 0 aliphatic heterocycles. The SMILES string of the molecule is CCNC(=NCC(C)(C)CO)NCC1(CCOC)CCC1. The maximum atomic E-state index is 9.32. The highest BCUT2D eigenvalue weighted by Crippen LogP contribution is 2.43. The van der Waals surface area contributed by atoms with Gasteiger partial charge in [-0.2, -0.15) is 0 Å². The van der Waals surface area contributed by atoms with E-state index in [1.807, 2.05) is 13.8 Å². The summed E-state index contributed by atoms with van der Waals surface area (Å²) in [5.41, 5.74) is 0.200. The van der Waals surface area contributed by atoms with Crippen LogP contribution in [0.2, 0.25) is 0 Å². The van der Waals surface area contributed by atoms with E-state index in [0.717, 1.165) is 32.1 Å². The van der Waals surface area contributed by atoms with Crippen LogP contribution in [0.1, 0.15) is 46.5 Å². The monoisotopic (exact) mass is 299 g/mol. The second-order valence-corrected chi connectivity index (χ2v) is 6.97. The van der Waals surface area contributed by atoms with Gasteiger partial charge in [0.15, 0.2) is 5.96 Å². The number of hydrogen-bond donors (Lipinski definition) is 3. The first-order chi connectivity index (χ1) is 9.97. The van der Waals surface area contributed by atoms with Crippen LogP contribution < -0.4 is 10.6 Å². The molecular weight excluding hydrogens is 266 g/mol. The van der Waals surface area contributed by atoms with Crippen molar-refractivity contribution in [3.63, 3.8) is 0 Å². The number of guanidine groups is 1. The fraction of sp³-hybridized carbons (Fsp3) is 0.938. The molecule has 0 bridgehead atoms. The minimum atomic E-state index is -0.174. The van der Waals surface area contributed by atoms with E-state index in [2.05, 4.69) is 22.5 Å². The molecule has 0 aromatic carbocycles. The van der Waals surface area contributed by atoms with Crippen molar-refractivity contribution in [2.45, 2.75) is 46.5 Å². The number of aliphatic hydroxyl groups excluding tert-OH is 1. The third kappa shape index (κ3) is 6.22. The van der Waals surface area contributed by atoms with Gasteiger partial charge in [-0.25, -0.2) is 0 Å². The van der Waals surface area contributed by atoms with Crippen LogP contribution in [0.3, 0.4) is 0 Å². The predicted molar refractivity (Wildman–Crippen MR) is 87.6 cm³/mol. The molecule has 0 amide bonds. The van der Waals surface area contributed by atoms with Crippen molar-refractivity contribution >= 4 is 5.96 Å².